The van der Waals surface area contributed by atoms with Gasteiger partial charge in [-0.2, -0.15) is 0 Å². The lowest BCUT2D eigenvalue weighted by Gasteiger charge is -2.13. The van der Waals surface area contributed by atoms with Crippen LogP contribution in [0.25, 0.3) is 11.1 Å². The van der Waals surface area contributed by atoms with E-state index in [1.165, 1.54) is 11.3 Å². The Morgan fingerprint density at radius 3 is 2.50 bits per heavy atom. The number of hydrogen-bond acceptors (Lipinski definition) is 4. The third kappa shape index (κ3) is 4.49. The minimum atomic E-state index is -0.485. The van der Waals surface area contributed by atoms with Crippen molar-refractivity contribution >= 4 is 28.9 Å². The summed E-state index contributed by atoms with van der Waals surface area (Å²) in [7, 11) is 0. The van der Waals surface area contributed by atoms with Crippen molar-refractivity contribution in [1.29, 1.82) is 0 Å². The van der Waals surface area contributed by atoms with Gasteiger partial charge in [0.05, 0.1) is 0 Å². The molecule has 28 heavy (non-hydrogen) atoms. The number of anilines is 1. The van der Waals surface area contributed by atoms with E-state index in [9.17, 15) is 9.59 Å². The number of hydrogen-bond donors (Lipinski definition) is 1. The number of esters is 1. The first-order valence-corrected chi connectivity index (χ1v) is 10.1. The lowest BCUT2D eigenvalue weighted by atomic mass is 10.1. The minimum Gasteiger partial charge on any atom is -0.451 e. The molecule has 0 radical (unpaired) electrons. The van der Waals surface area contributed by atoms with Gasteiger partial charge < -0.3 is 10.1 Å². The third-order valence-electron chi connectivity index (χ3n) is 4.55. The molecule has 0 spiro atoms. The SMILES string of the molecule is CCc1cccc(C)c1NC(=O)COC(=O)c1sccc1-c1ccc(C)cc1. The predicted molar refractivity (Wildman–Crippen MR) is 114 cm³/mol. The average Bonchev–Trinajstić information content (AvgIpc) is 3.18. The number of amides is 1. The second-order valence-corrected chi connectivity index (χ2v) is 7.53. The Morgan fingerprint density at radius 2 is 1.79 bits per heavy atom. The van der Waals surface area contributed by atoms with Crippen LogP contribution in [0.2, 0.25) is 0 Å². The van der Waals surface area contributed by atoms with E-state index in [1.54, 1.807) is 0 Å². The lowest BCUT2D eigenvalue weighted by Crippen LogP contribution is -2.22. The summed E-state index contributed by atoms with van der Waals surface area (Å²) in [5.74, 6) is -0.827. The largest absolute Gasteiger partial charge is 0.451 e. The van der Waals surface area contributed by atoms with E-state index in [0.717, 1.165) is 39.9 Å². The van der Waals surface area contributed by atoms with E-state index in [-0.39, 0.29) is 12.5 Å². The van der Waals surface area contributed by atoms with Crippen molar-refractivity contribution in [2.24, 2.45) is 0 Å². The number of thiophene rings is 1. The Bertz CT molecular complexity index is 989. The normalized spacial score (nSPS) is 10.5. The molecule has 0 aliphatic heterocycles. The number of aryl methyl sites for hydroxylation is 3. The third-order valence-corrected chi connectivity index (χ3v) is 5.45. The van der Waals surface area contributed by atoms with Gasteiger partial charge in [0.2, 0.25) is 0 Å². The van der Waals surface area contributed by atoms with Crippen LogP contribution >= 0.6 is 11.3 Å². The molecule has 0 aliphatic carbocycles. The van der Waals surface area contributed by atoms with Gasteiger partial charge in [-0.15, -0.1) is 11.3 Å². The van der Waals surface area contributed by atoms with Crippen molar-refractivity contribution in [3.05, 3.63) is 75.5 Å². The summed E-state index contributed by atoms with van der Waals surface area (Å²) in [5, 5.41) is 4.72. The molecule has 0 aliphatic rings. The maximum atomic E-state index is 12.5. The van der Waals surface area contributed by atoms with Gasteiger partial charge >= 0.3 is 5.97 Å². The number of rotatable bonds is 6. The van der Waals surface area contributed by atoms with Gasteiger partial charge in [-0.05, 0) is 48.4 Å². The Morgan fingerprint density at radius 1 is 1.04 bits per heavy atom. The molecular weight excluding hydrogens is 370 g/mol. The van der Waals surface area contributed by atoms with Gasteiger partial charge in [0.15, 0.2) is 6.61 Å². The summed E-state index contributed by atoms with van der Waals surface area (Å²) in [4.78, 5) is 25.3. The number of nitrogens with one attached hydrogen (secondary N) is 1. The first-order chi connectivity index (χ1) is 13.5. The molecule has 144 valence electrons. The zero-order chi connectivity index (χ0) is 20.1. The summed E-state index contributed by atoms with van der Waals surface area (Å²) in [5.41, 5.74) is 5.77. The number of ether oxygens (including phenoxy) is 1. The molecule has 0 fully saturated rings. The number of para-hydroxylation sites is 1. The molecule has 1 heterocycles. The smallest absolute Gasteiger partial charge is 0.349 e. The summed E-state index contributed by atoms with van der Waals surface area (Å²) in [6.45, 7) is 5.68. The lowest BCUT2D eigenvalue weighted by molar-refractivity contribution is -0.119. The summed E-state index contributed by atoms with van der Waals surface area (Å²) in [6, 6.07) is 15.7. The highest BCUT2D eigenvalue weighted by molar-refractivity contribution is 7.12. The maximum absolute atomic E-state index is 12.5. The van der Waals surface area contributed by atoms with E-state index < -0.39 is 5.97 Å². The molecule has 3 rings (SSSR count). The second kappa shape index (κ2) is 8.85. The van der Waals surface area contributed by atoms with Crippen molar-refractivity contribution in [1.82, 2.24) is 0 Å². The summed E-state index contributed by atoms with van der Waals surface area (Å²) in [6.07, 6.45) is 0.812. The minimum absolute atomic E-state index is 0.318. The molecule has 0 saturated heterocycles. The van der Waals surface area contributed by atoms with Crippen LogP contribution < -0.4 is 5.32 Å². The maximum Gasteiger partial charge on any atom is 0.349 e. The zero-order valence-electron chi connectivity index (χ0n) is 16.2. The van der Waals surface area contributed by atoms with E-state index in [1.807, 2.05) is 74.7 Å². The molecule has 5 heteroatoms. The quantitative estimate of drug-likeness (QED) is 0.571. The topological polar surface area (TPSA) is 55.4 Å². The van der Waals surface area contributed by atoms with Crippen molar-refractivity contribution < 1.29 is 14.3 Å². The van der Waals surface area contributed by atoms with Crippen molar-refractivity contribution in [2.75, 3.05) is 11.9 Å². The Labute approximate surface area is 169 Å². The predicted octanol–water partition coefficient (Wildman–Crippen LogP) is 5.39. The molecule has 0 bridgehead atoms. The molecule has 0 atom stereocenters. The van der Waals surface area contributed by atoms with Crippen LogP contribution in [-0.4, -0.2) is 18.5 Å². The monoisotopic (exact) mass is 393 g/mol. The molecular formula is C23H23NO3S. The highest BCUT2D eigenvalue weighted by atomic mass is 32.1. The van der Waals surface area contributed by atoms with Crippen LogP contribution in [0.3, 0.4) is 0 Å². The fourth-order valence-electron chi connectivity index (χ4n) is 3.00. The fraction of sp³-hybridized carbons (Fsp3) is 0.217. The van der Waals surface area contributed by atoms with Crippen LogP contribution in [0.15, 0.2) is 53.9 Å². The van der Waals surface area contributed by atoms with E-state index in [2.05, 4.69) is 5.32 Å². The number of benzene rings is 2. The van der Waals surface area contributed by atoms with E-state index in [0.29, 0.717) is 4.88 Å². The molecule has 2 aromatic carbocycles. The molecule has 1 amide bonds. The van der Waals surface area contributed by atoms with E-state index >= 15 is 0 Å². The van der Waals surface area contributed by atoms with Crippen molar-refractivity contribution in [3.8, 4) is 11.1 Å². The van der Waals surface area contributed by atoms with Crippen LogP contribution in [0.4, 0.5) is 5.69 Å². The van der Waals surface area contributed by atoms with Gasteiger partial charge in [-0.3, -0.25) is 4.79 Å². The Hall–Kier alpha value is -2.92. The standard InChI is InChI=1S/C23H23NO3S/c1-4-17-7-5-6-16(3)21(17)24-20(25)14-27-23(26)22-19(12-13-28-22)18-10-8-15(2)9-11-18/h5-13H,4,14H2,1-3H3,(H,24,25). The first-order valence-electron chi connectivity index (χ1n) is 9.19. The molecule has 0 saturated carbocycles. The average molecular weight is 394 g/mol. The second-order valence-electron chi connectivity index (χ2n) is 6.62. The van der Waals surface area contributed by atoms with Crippen molar-refractivity contribution in [3.63, 3.8) is 0 Å². The van der Waals surface area contributed by atoms with Crippen molar-refractivity contribution in [2.45, 2.75) is 27.2 Å². The highest BCUT2D eigenvalue weighted by Crippen LogP contribution is 2.29. The fourth-order valence-corrected chi connectivity index (χ4v) is 3.81. The number of carbonyl (C=O) groups excluding carboxylic acids is 2. The Kier molecular flexibility index (Phi) is 6.26. The van der Waals surface area contributed by atoms with Crippen LogP contribution in [0.1, 0.15) is 33.3 Å². The summed E-state index contributed by atoms with van der Waals surface area (Å²) >= 11 is 1.31. The van der Waals surface area contributed by atoms with Gasteiger partial charge in [0, 0.05) is 11.3 Å². The van der Waals surface area contributed by atoms with Gasteiger partial charge in [-0.25, -0.2) is 4.79 Å². The molecule has 4 nitrogen and oxygen atoms in total. The molecule has 3 aromatic rings. The van der Waals surface area contributed by atoms with Crippen LogP contribution in [-0.2, 0) is 16.0 Å². The molecule has 1 aromatic heterocycles. The molecule has 1 N–H and O–H groups in total. The van der Waals surface area contributed by atoms with Crippen LogP contribution in [0, 0.1) is 13.8 Å². The molecule has 0 unspecified atom stereocenters. The highest BCUT2D eigenvalue weighted by Gasteiger charge is 2.18. The number of carbonyl (C=O) groups is 2. The van der Waals surface area contributed by atoms with Crippen LogP contribution in [0.5, 0.6) is 0 Å². The van der Waals surface area contributed by atoms with Gasteiger partial charge in [-0.1, -0.05) is 55.0 Å². The van der Waals surface area contributed by atoms with Gasteiger partial charge in [0.25, 0.3) is 5.91 Å². The Balaban J connectivity index is 1.66. The summed E-state index contributed by atoms with van der Waals surface area (Å²) < 4.78 is 5.28. The first kappa shape index (κ1) is 19.8. The van der Waals surface area contributed by atoms with Gasteiger partial charge in [0.1, 0.15) is 4.88 Å². The van der Waals surface area contributed by atoms with E-state index in [4.69, 9.17) is 4.74 Å². The zero-order valence-corrected chi connectivity index (χ0v) is 17.1.